The second-order valence-corrected chi connectivity index (χ2v) is 8.07. The summed E-state index contributed by atoms with van der Waals surface area (Å²) >= 11 is 0. The van der Waals surface area contributed by atoms with E-state index in [0.717, 1.165) is 0 Å². The third-order valence-electron chi connectivity index (χ3n) is 5.93. The molecule has 1 nitrogen and oxygen atoms in total. The second kappa shape index (κ2) is 4.76. The molecule has 25 heavy (non-hydrogen) atoms. The molecular weight excluding hydrogens is 302 g/mol. The maximum absolute atomic E-state index is 2.49. The lowest BCUT2D eigenvalue weighted by Crippen LogP contribution is -2.15. The zero-order valence-corrected chi connectivity index (χ0v) is 15.3. The lowest BCUT2D eigenvalue weighted by Gasteiger charge is -2.22. The molecule has 0 saturated carbocycles. The van der Waals surface area contributed by atoms with Gasteiger partial charge in [0.05, 0.1) is 0 Å². The summed E-state index contributed by atoms with van der Waals surface area (Å²) < 4.78 is 2.49. The molecule has 0 radical (unpaired) electrons. The zero-order valence-electron chi connectivity index (χ0n) is 15.3. The fourth-order valence-corrected chi connectivity index (χ4v) is 4.75. The Labute approximate surface area is 148 Å². The van der Waals surface area contributed by atoms with Crippen molar-refractivity contribution in [3.63, 3.8) is 0 Å². The molecule has 0 unspecified atom stereocenters. The van der Waals surface area contributed by atoms with Gasteiger partial charge in [0.25, 0.3) is 0 Å². The van der Waals surface area contributed by atoms with Crippen LogP contribution in [0, 0.1) is 0 Å². The fraction of sp³-hybridized carbons (Fsp3) is 0.250. The molecule has 0 N–H and O–H groups in total. The van der Waals surface area contributed by atoms with Gasteiger partial charge in [-0.2, -0.15) is 0 Å². The van der Waals surface area contributed by atoms with Crippen LogP contribution in [0.5, 0.6) is 0 Å². The molecule has 124 valence electrons. The molecule has 0 fully saturated rings. The van der Waals surface area contributed by atoms with E-state index in [2.05, 4.69) is 92.9 Å². The molecule has 1 aromatic heterocycles. The van der Waals surface area contributed by atoms with Gasteiger partial charge in [0.1, 0.15) is 0 Å². The minimum absolute atomic E-state index is 0.0539. The molecule has 1 aliphatic carbocycles. The van der Waals surface area contributed by atoms with Crippen LogP contribution in [0.3, 0.4) is 0 Å². The van der Waals surface area contributed by atoms with Crippen LogP contribution >= 0.6 is 0 Å². The minimum Gasteiger partial charge on any atom is -0.338 e. The van der Waals surface area contributed by atoms with Gasteiger partial charge in [0.15, 0.2) is 0 Å². The highest BCUT2D eigenvalue weighted by Crippen LogP contribution is 2.50. The monoisotopic (exact) mass is 325 g/mol. The number of aromatic nitrogens is 1. The van der Waals surface area contributed by atoms with Crippen molar-refractivity contribution in [2.75, 3.05) is 0 Å². The van der Waals surface area contributed by atoms with Crippen molar-refractivity contribution < 1.29 is 0 Å². The maximum atomic E-state index is 2.49. The summed E-state index contributed by atoms with van der Waals surface area (Å²) in [5, 5.41) is 2.73. The van der Waals surface area contributed by atoms with E-state index in [4.69, 9.17) is 0 Å². The third kappa shape index (κ3) is 1.79. The van der Waals surface area contributed by atoms with Gasteiger partial charge in [-0.15, -0.1) is 0 Å². The number of para-hydroxylation sites is 1. The van der Waals surface area contributed by atoms with Gasteiger partial charge in [-0.1, -0.05) is 56.3 Å². The Bertz CT molecular complexity index is 1140. The molecular formula is C24H23N. The van der Waals surface area contributed by atoms with E-state index in [1.165, 1.54) is 44.1 Å². The predicted molar refractivity (Wildman–Crippen MR) is 107 cm³/mol. The number of fused-ring (bicyclic) bond motifs is 6. The van der Waals surface area contributed by atoms with Crippen LogP contribution in [0.15, 0.2) is 60.7 Å². The first-order chi connectivity index (χ1) is 12.0. The molecule has 0 spiro atoms. The molecule has 1 heteroatoms. The van der Waals surface area contributed by atoms with E-state index in [0.29, 0.717) is 6.04 Å². The van der Waals surface area contributed by atoms with Crippen LogP contribution in [0.1, 0.15) is 44.9 Å². The normalized spacial score (nSPS) is 15.1. The first-order valence-electron chi connectivity index (χ1n) is 9.17. The van der Waals surface area contributed by atoms with E-state index >= 15 is 0 Å². The average Bonchev–Trinajstić information content (AvgIpc) is 3.04. The molecule has 4 aromatic rings. The SMILES string of the molecule is CC(C)n1c2ccccc2c2cc3c(cc21)C(C)(C)c1ccccc1-3. The quantitative estimate of drug-likeness (QED) is 0.368. The Morgan fingerprint density at radius 3 is 2.24 bits per heavy atom. The summed E-state index contributed by atoms with van der Waals surface area (Å²) in [6.07, 6.45) is 0. The largest absolute Gasteiger partial charge is 0.338 e. The highest BCUT2D eigenvalue weighted by molar-refractivity contribution is 6.10. The van der Waals surface area contributed by atoms with Crippen molar-refractivity contribution >= 4 is 21.8 Å². The summed E-state index contributed by atoms with van der Waals surface area (Å²) in [7, 11) is 0. The number of rotatable bonds is 1. The third-order valence-corrected chi connectivity index (χ3v) is 5.93. The van der Waals surface area contributed by atoms with Crippen LogP contribution in [-0.2, 0) is 5.41 Å². The first kappa shape index (κ1) is 14.8. The van der Waals surface area contributed by atoms with Gasteiger partial charge >= 0.3 is 0 Å². The number of nitrogens with zero attached hydrogens (tertiary/aromatic N) is 1. The van der Waals surface area contributed by atoms with E-state index < -0.39 is 0 Å². The Hall–Kier alpha value is -2.54. The summed E-state index contributed by atoms with van der Waals surface area (Å²) in [5.74, 6) is 0. The number of benzene rings is 3. The molecule has 1 aliphatic rings. The van der Waals surface area contributed by atoms with Crippen molar-refractivity contribution in [2.45, 2.75) is 39.2 Å². The van der Waals surface area contributed by atoms with E-state index in [1.54, 1.807) is 0 Å². The smallest absolute Gasteiger partial charge is 0.0497 e. The predicted octanol–water partition coefficient (Wildman–Crippen LogP) is 6.68. The van der Waals surface area contributed by atoms with Crippen molar-refractivity contribution in [3.05, 3.63) is 71.8 Å². The van der Waals surface area contributed by atoms with Crippen molar-refractivity contribution in [1.29, 1.82) is 0 Å². The second-order valence-electron chi connectivity index (χ2n) is 8.07. The molecule has 0 bridgehead atoms. The van der Waals surface area contributed by atoms with Crippen LogP contribution in [0.25, 0.3) is 32.9 Å². The van der Waals surface area contributed by atoms with Crippen LogP contribution in [-0.4, -0.2) is 4.57 Å². The molecule has 0 amide bonds. The van der Waals surface area contributed by atoms with Gasteiger partial charge in [0, 0.05) is 33.3 Å². The van der Waals surface area contributed by atoms with E-state index in [9.17, 15) is 0 Å². The molecule has 0 saturated heterocycles. The zero-order chi connectivity index (χ0) is 17.3. The molecule has 1 heterocycles. The van der Waals surface area contributed by atoms with Crippen molar-refractivity contribution in [1.82, 2.24) is 4.57 Å². The summed E-state index contributed by atoms with van der Waals surface area (Å²) in [6.45, 7) is 9.26. The Morgan fingerprint density at radius 1 is 0.720 bits per heavy atom. The van der Waals surface area contributed by atoms with Crippen molar-refractivity contribution in [3.8, 4) is 11.1 Å². The van der Waals surface area contributed by atoms with Gasteiger partial charge in [-0.05, 0) is 54.3 Å². The number of hydrogen-bond acceptors (Lipinski definition) is 0. The topological polar surface area (TPSA) is 4.93 Å². The van der Waals surface area contributed by atoms with E-state index in [-0.39, 0.29) is 5.41 Å². The van der Waals surface area contributed by atoms with Crippen LogP contribution < -0.4 is 0 Å². The Balaban J connectivity index is 1.97. The maximum Gasteiger partial charge on any atom is 0.0497 e. The van der Waals surface area contributed by atoms with Gasteiger partial charge in [0.2, 0.25) is 0 Å². The average molecular weight is 325 g/mol. The van der Waals surface area contributed by atoms with Gasteiger partial charge in [-0.3, -0.25) is 0 Å². The summed E-state index contributed by atoms with van der Waals surface area (Å²) in [6, 6.07) is 23.0. The van der Waals surface area contributed by atoms with Crippen molar-refractivity contribution in [2.24, 2.45) is 0 Å². The molecule has 5 rings (SSSR count). The molecule has 0 aliphatic heterocycles. The minimum atomic E-state index is 0.0539. The Kier molecular flexibility index (Phi) is 2.81. The molecule has 0 atom stereocenters. The lowest BCUT2D eigenvalue weighted by atomic mass is 9.82. The standard InChI is InChI=1S/C24H23N/c1-15(2)25-22-12-8-6-10-17(22)19-13-18-16-9-5-7-11-20(16)24(3,4)21(18)14-23(19)25/h5-15H,1-4H3. The highest BCUT2D eigenvalue weighted by atomic mass is 15.0. The van der Waals surface area contributed by atoms with Gasteiger partial charge < -0.3 is 4.57 Å². The molecule has 3 aromatic carbocycles. The lowest BCUT2D eigenvalue weighted by molar-refractivity contribution is 0.638. The summed E-state index contributed by atoms with van der Waals surface area (Å²) in [5.41, 5.74) is 8.44. The number of hydrogen-bond donors (Lipinski definition) is 0. The summed E-state index contributed by atoms with van der Waals surface area (Å²) in [4.78, 5) is 0. The van der Waals surface area contributed by atoms with Crippen LogP contribution in [0.2, 0.25) is 0 Å². The van der Waals surface area contributed by atoms with Crippen LogP contribution in [0.4, 0.5) is 0 Å². The van der Waals surface area contributed by atoms with Gasteiger partial charge in [-0.25, -0.2) is 0 Å². The Morgan fingerprint density at radius 2 is 1.44 bits per heavy atom. The fourth-order valence-electron chi connectivity index (χ4n) is 4.75. The first-order valence-corrected chi connectivity index (χ1v) is 9.17. The highest BCUT2D eigenvalue weighted by Gasteiger charge is 2.36. The van der Waals surface area contributed by atoms with E-state index in [1.807, 2.05) is 0 Å².